The number of carbonyl (C=O) groups is 1. The summed E-state index contributed by atoms with van der Waals surface area (Å²) in [6, 6.07) is 17.7. The van der Waals surface area contributed by atoms with Crippen molar-refractivity contribution in [3.63, 3.8) is 0 Å². The van der Waals surface area contributed by atoms with E-state index in [2.05, 4.69) is 25.5 Å². The molecule has 0 radical (unpaired) electrons. The summed E-state index contributed by atoms with van der Waals surface area (Å²) in [5.74, 6) is -0.234. The van der Waals surface area contributed by atoms with Gasteiger partial charge in [-0.15, -0.1) is 0 Å². The molecule has 1 aromatic carbocycles. The number of anilines is 1. The summed E-state index contributed by atoms with van der Waals surface area (Å²) in [5, 5.41) is 10.6. The summed E-state index contributed by atoms with van der Waals surface area (Å²) >= 11 is 0. The van der Waals surface area contributed by atoms with Gasteiger partial charge in [-0.1, -0.05) is 24.3 Å². The van der Waals surface area contributed by atoms with Gasteiger partial charge >= 0.3 is 0 Å². The van der Waals surface area contributed by atoms with E-state index >= 15 is 0 Å². The monoisotopic (exact) mass is 385 g/mol. The van der Waals surface area contributed by atoms with Gasteiger partial charge in [0.2, 0.25) is 11.9 Å². The van der Waals surface area contributed by atoms with Crippen molar-refractivity contribution in [3.05, 3.63) is 90.8 Å². The van der Waals surface area contributed by atoms with Crippen LogP contribution in [0.4, 0.5) is 10.2 Å². The molecule has 0 aliphatic rings. The molecule has 29 heavy (non-hydrogen) atoms. The molecule has 4 aromatic rings. The first-order valence-electron chi connectivity index (χ1n) is 8.92. The number of hydrogen-bond acceptors (Lipinski definition) is 5. The maximum Gasteiger partial charge on any atom is 0.229 e. The molecule has 0 atom stereocenters. The molecule has 0 saturated carbocycles. The maximum atomic E-state index is 13.3. The molecule has 3 heterocycles. The Hall–Kier alpha value is -4.00. The van der Waals surface area contributed by atoms with Gasteiger partial charge in [-0.3, -0.25) is 4.79 Å². The maximum absolute atomic E-state index is 13.3. The van der Waals surface area contributed by atoms with Crippen molar-refractivity contribution in [2.45, 2.75) is 6.42 Å². The number of pyridine rings is 2. The minimum absolute atomic E-state index is 0.174. The number of nitrogens with zero attached hydrogens (tertiary/aromatic N) is 4. The van der Waals surface area contributed by atoms with Crippen LogP contribution >= 0.6 is 0 Å². The van der Waals surface area contributed by atoms with Crippen LogP contribution in [0.25, 0.3) is 22.4 Å². The number of rotatable bonds is 5. The van der Waals surface area contributed by atoms with Crippen molar-refractivity contribution in [1.82, 2.24) is 20.2 Å². The lowest BCUT2D eigenvalue weighted by atomic mass is 10.0. The second kappa shape index (κ2) is 8.35. The van der Waals surface area contributed by atoms with Crippen LogP contribution in [-0.4, -0.2) is 26.1 Å². The van der Waals surface area contributed by atoms with Gasteiger partial charge < -0.3 is 5.32 Å². The average Bonchev–Trinajstić information content (AvgIpc) is 2.75. The molecule has 142 valence electrons. The smallest absolute Gasteiger partial charge is 0.229 e. The van der Waals surface area contributed by atoms with Crippen LogP contribution in [0.5, 0.6) is 0 Å². The SMILES string of the molecule is O=C(Cc1ccc(-c2ccnc(F)c2)cc1)Nc1ccc(-c2cccnn2)cn1. The van der Waals surface area contributed by atoms with Gasteiger partial charge in [-0.25, -0.2) is 9.97 Å². The predicted molar refractivity (Wildman–Crippen MR) is 107 cm³/mol. The molecular formula is C22H16FN5O. The Labute approximate surface area is 166 Å². The number of nitrogens with one attached hydrogen (secondary N) is 1. The molecule has 1 amide bonds. The lowest BCUT2D eigenvalue weighted by molar-refractivity contribution is -0.115. The standard InChI is InChI=1S/C22H16FN5O/c23-20-13-17(9-11-24-20)16-5-3-15(4-6-16)12-22(29)27-21-8-7-18(14-25-21)19-2-1-10-26-28-19/h1-11,13-14H,12H2,(H,25,27,29). The highest BCUT2D eigenvalue weighted by Gasteiger charge is 2.07. The van der Waals surface area contributed by atoms with Crippen molar-refractivity contribution in [2.75, 3.05) is 5.32 Å². The number of halogens is 1. The number of hydrogen-bond donors (Lipinski definition) is 1. The molecule has 4 rings (SSSR count). The van der Waals surface area contributed by atoms with E-state index in [1.165, 1.54) is 12.3 Å². The highest BCUT2D eigenvalue weighted by Crippen LogP contribution is 2.20. The van der Waals surface area contributed by atoms with Crippen molar-refractivity contribution in [1.29, 1.82) is 0 Å². The number of amides is 1. The summed E-state index contributed by atoms with van der Waals surface area (Å²) in [4.78, 5) is 20.1. The predicted octanol–water partition coefficient (Wildman–Crippen LogP) is 3.92. The minimum Gasteiger partial charge on any atom is -0.310 e. The number of aromatic nitrogens is 4. The van der Waals surface area contributed by atoms with E-state index < -0.39 is 5.95 Å². The van der Waals surface area contributed by atoms with Crippen molar-refractivity contribution < 1.29 is 9.18 Å². The highest BCUT2D eigenvalue weighted by atomic mass is 19.1. The summed E-state index contributed by atoms with van der Waals surface area (Å²) in [5.41, 5.74) is 3.97. The third-order valence-electron chi connectivity index (χ3n) is 4.28. The van der Waals surface area contributed by atoms with Crippen molar-refractivity contribution >= 4 is 11.7 Å². The first-order chi connectivity index (χ1) is 14.2. The zero-order valence-electron chi connectivity index (χ0n) is 15.3. The van der Waals surface area contributed by atoms with Crippen LogP contribution in [0.2, 0.25) is 0 Å². The third kappa shape index (κ3) is 4.65. The summed E-state index contributed by atoms with van der Waals surface area (Å²) in [6.45, 7) is 0. The van der Waals surface area contributed by atoms with E-state index in [9.17, 15) is 9.18 Å². The fourth-order valence-corrected chi connectivity index (χ4v) is 2.84. The van der Waals surface area contributed by atoms with E-state index in [4.69, 9.17) is 0 Å². The number of benzene rings is 1. The fraction of sp³-hybridized carbons (Fsp3) is 0.0455. The molecule has 0 unspecified atom stereocenters. The summed E-state index contributed by atoms with van der Waals surface area (Å²) < 4.78 is 13.3. The van der Waals surface area contributed by atoms with Gasteiger partial charge in [-0.05, 0) is 47.0 Å². The van der Waals surface area contributed by atoms with E-state index in [1.807, 2.05) is 36.4 Å². The Morgan fingerprint density at radius 2 is 1.72 bits per heavy atom. The lowest BCUT2D eigenvalue weighted by Gasteiger charge is -2.07. The molecule has 0 aliphatic heterocycles. The lowest BCUT2D eigenvalue weighted by Crippen LogP contribution is -2.15. The Morgan fingerprint density at radius 1 is 0.897 bits per heavy atom. The van der Waals surface area contributed by atoms with Crippen molar-refractivity contribution in [3.8, 4) is 22.4 Å². The molecule has 1 N–H and O–H groups in total. The van der Waals surface area contributed by atoms with E-state index in [0.29, 0.717) is 11.5 Å². The minimum atomic E-state index is -0.524. The van der Waals surface area contributed by atoms with Crippen LogP contribution in [0.3, 0.4) is 0 Å². The van der Waals surface area contributed by atoms with Crippen LogP contribution in [-0.2, 0) is 11.2 Å². The Balaban J connectivity index is 1.38. The third-order valence-corrected chi connectivity index (χ3v) is 4.28. The van der Waals surface area contributed by atoms with Gasteiger partial charge in [0.1, 0.15) is 5.82 Å². The zero-order chi connectivity index (χ0) is 20.1. The van der Waals surface area contributed by atoms with E-state index in [0.717, 1.165) is 22.3 Å². The van der Waals surface area contributed by atoms with Crippen molar-refractivity contribution in [2.24, 2.45) is 0 Å². The molecule has 0 bridgehead atoms. The molecule has 0 saturated heterocycles. The van der Waals surface area contributed by atoms with Crippen LogP contribution < -0.4 is 5.32 Å². The largest absolute Gasteiger partial charge is 0.310 e. The van der Waals surface area contributed by atoms with Crippen LogP contribution in [0.15, 0.2) is 79.3 Å². The van der Waals surface area contributed by atoms with Gasteiger partial charge in [0.15, 0.2) is 0 Å². The molecule has 3 aromatic heterocycles. The second-order valence-electron chi connectivity index (χ2n) is 6.33. The molecule has 0 aliphatic carbocycles. The Bertz CT molecular complexity index is 1120. The Morgan fingerprint density at radius 3 is 2.41 bits per heavy atom. The molecule has 6 nitrogen and oxygen atoms in total. The van der Waals surface area contributed by atoms with E-state index in [-0.39, 0.29) is 12.3 Å². The second-order valence-corrected chi connectivity index (χ2v) is 6.33. The molecular weight excluding hydrogens is 369 g/mol. The van der Waals surface area contributed by atoms with Gasteiger partial charge in [0, 0.05) is 30.2 Å². The average molecular weight is 385 g/mol. The molecule has 0 fully saturated rings. The van der Waals surface area contributed by atoms with Gasteiger partial charge in [-0.2, -0.15) is 14.6 Å². The number of carbonyl (C=O) groups excluding carboxylic acids is 1. The first kappa shape index (κ1) is 18.4. The van der Waals surface area contributed by atoms with Crippen LogP contribution in [0.1, 0.15) is 5.56 Å². The topological polar surface area (TPSA) is 80.7 Å². The fourth-order valence-electron chi connectivity index (χ4n) is 2.84. The molecule has 0 spiro atoms. The van der Waals surface area contributed by atoms with Crippen LogP contribution in [0, 0.1) is 5.95 Å². The first-order valence-corrected chi connectivity index (χ1v) is 8.92. The Kier molecular flexibility index (Phi) is 5.29. The quantitative estimate of drug-likeness (QED) is 0.527. The van der Waals surface area contributed by atoms with Gasteiger partial charge in [0.05, 0.1) is 12.1 Å². The zero-order valence-corrected chi connectivity index (χ0v) is 15.3. The normalized spacial score (nSPS) is 10.5. The summed E-state index contributed by atoms with van der Waals surface area (Å²) in [7, 11) is 0. The van der Waals surface area contributed by atoms with E-state index in [1.54, 1.807) is 30.6 Å². The summed E-state index contributed by atoms with van der Waals surface area (Å²) in [6.07, 6.45) is 4.88. The van der Waals surface area contributed by atoms with Gasteiger partial charge in [0.25, 0.3) is 0 Å². The molecule has 7 heteroatoms. The highest BCUT2D eigenvalue weighted by molar-refractivity contribution is 5.91.